The summed E-state index contributed by atoms with van der Waals surface area (Å²) in [6, 6.07) is 7.23. The second kappa shape index (κ2) is 5.99. The van der Waals surface area contributed by atoms with Crippen LogP contribution in [0.5, 0.6) is 0 Å². The topological polar surface area (TPSA) is 58.4 Å². The molecule has 0 aliphatic heterocycles. The van der Waals surface area contributed by atoms with Crippen molar-refractivity contribution in [3.8, 4) is 0 Å². The largest absolute Gasteiger partial charge is 0.364 e. The molecule has 0 saturated heterocycles. The average molecular weight is 324 g/mol. The summed E-state index contributed by atoms with van der Waals surface area (Å²) in [5, 5.41) is 6.35. The molecule has 2 rings (SSSR count). The van der Waals surface area contributed by atoms with Crippen molar-refractivity contribution in [3.63, 3.8) is 0 Å². The first-order valence-corrected chi connectivity index (χ1v) is 6.50. The van der Waals surface area contributed by atoms with E-state index in [9.17, 15) is 4.79 Å². The van der Waals surface area contributed by atoms with Crippen LogP contribution in [0.1, 0.15) is 16.1 Å². The summed E-state index contributed by atoms with van der Waals surface area (Å²) in [5.74, 6) is -0.291. The molecule has 2 aromatic rings. The Morgan fingerprint density at radius 2 is 2.21 bits per heavy atom. The summed E-state index contributed by atoms with van der Waals surface area (Å²) < 4.78 is 5.59. The van der Waals surface area contributed by atoms with Gasteiger partial charge in [0.1, 0.15) is 6.26 Å². The molecule has 0 aliphatic carbocycles. The number of nitrogens with one attached hydrogen (secondary N) is 1. The van der Waals surface area contributed by atoms with E-state index in [-0.39, 0.29) is 11.6 Å². The third-order valence-electron chi connectivity index (χ3n) is 2.47. The zero-order valence-electron chi connectivity index (χ0n) is 10.7. The fraction of sp³-hybridized carbons (Fsp3) is 0.231. The Bertz CT molecular complexity index is 567. The SMILES string of the molecule is CN(C)Cc1ccc(NC(=O)c2ccon2)cc1Br. The highest BCUT2D eigenvalue weighted by molar-refractivity contribution is 9.10. The van der Waals surface area contributed by atoms with Crippen LogP contribution in [0.3, 0.4) is 0 Å². The summed E-state index contributed by atoms with van der Waals surface area (Å²) in [7, 11) is 4.01. The summed E-state index contributed by atoms with van der Waals surface area (Å²) in [6.07, 6.45) is 1.37. The van der Waals surface area contributed by atoms with Gasteiger partial charge in [0.05, 0.1) is 0 Å². The van der Waals surface area contributed by atoms with Gasteiger partial charge in [-0.3, -0.25) is 4.79 Å². The smallest absolute Gasteiger partial charge is 0.277 e. The van der Waals surface area contributed by atoms with Gasteiger partial charge in [-0.2, -0.15) is 0 Å². The molecule has 1 aromatic carbocycles. The number of aromatic nitrogens is 1. The van der Waals surface area contributed by atoms with Gasteiger partial charge in [0.25, 0.3) is 5.91 Å². The van der Waals surface area contributed by atoms with E-state index in [4.69, 9.17) is 0 Å². The molecular formula is C13H14BrN3O2. The van der Waals surface area contributed by atoms with E-state index in [1.807, 2.05) is 32.3 Å². The minimum atomic E-state index is -0.291. The predicted octanol–water partition coefficient (Wildman–Crippen LogP) is 2.75. The van der Waals surface area contributed by atoms with Crippen LogP contribution in [0.4, 0.5) is 5.69 Å². The van der Waals surface area contributed by atoms with Crippen LogP contribution in [0, 0.1) is 0 Å². The fourth-order valence-corrected chi connectivity index (χ4v) is 2.12. The summed E-state index contributed by atoms with van der Waals surface area (Å²) in [6.45, 7) is 0.831. The molecular weight excluding hydrogens is 310 g/mol. The third-order valence-corrected chi connectivity index (χ3v) is 3.21. The molecule has 6 heteroatoms. The van der Waals surface area contributed by atoms with E-state index in [0.717, 1.165) is 16.6 Å². The molecule has 0 spiro atoms. The molecule has 0 fully saturated rings. The van der Waals surface area contributed by atoms with Gasteiger partial charge >= 0.3 is 0 Å². The average Bonchev–Trinajstić information content (AvgIpc) is 2.86. The number of rotatable bonds is 4. The van der Waals surface area contributed by atoms with Crippen LogP contribution in [0.2, 0.25) is 0 Å². The van der Waals surface area contributed by atoms with Crippen molar-refractivity contribution >= 4 is 27.5 Å². The van der Waals surface area contributed by atoms with Gasteiger partial charge < -0.3 is 14.7 Å². The van der Waals surface area contributed by atoms with Crippen LogP contribution < -0.4 is 5.32 Å². The van der Waals surface area contributed by atoms with Gasteiger partial charge in [-0.15, -0.1) is 0 Å². The Morgan fingerprint density at radius 3 is 2.79 bits per heavy atom. The van der Waals surface area contributed by atoms with E-state index < -0.39 is 0 Å². The van der Waals surface area contributed by atoms with E-state index in [2.05, 4.69) is 35.8 Å². The number of carbonyl (C=O) groups excluding carboxylic acids is 1. The van der Waals surface area contributed by atoms with Gasteiger partial charge in [0.15, 0.2) is 5.69 Å². The first-order valence-electron chi connectivity index (χ1n) is 5.71. The molecule has 0 unspecified atom stereocenters. The van der Waals surface area contributed by atoms with Gasteiger partial charge in [0, 0.05) is 22.8 Å². The number of hydrogen-bond acceptors (Lipinski definition) is 4. The van der Waals surface area contributed by atoms with Gasteiger partial charge in [0.2, 0.25) is 0 Å². The molecule has 19 heavy (non-hydrogen) atoms. The number of benzene rings is 1. The molecule has 1 aromatic heterocycles. The highest BCUT2D eigenvalue weighted by atomic mass is 79.9. The lowest BCUT2D eigenvalue weighted by Crippen LogP contribution is -2.13. The zero-order valence-corrected chi connectivity index (χ0v) is 12.3. The molecule has 5 nitrogen and oxygen atoms in total. The van der Waals surface area contributed by atoms with E-state index in [1.54, 1.807) is 0 Å². The first-order chi connectivity index (χ1) is 9.06. The number of nitrogens with zero attached hydrogens (tertiary/aromatic N) is 2. The van der Waals surface area contributed by atoms with E-state index in [0.29, 0.717) is 5.69 Å². The Morgan fingerprint density at radius 1 is 1.42 bits per heavy atom. The van der Waals surface area contributed by atoms with Crippen LogP contribution in [0.15, 0.2) is 39.5 Å². The lowest BCUT2D eigenvalue weighted by molar-refractivity contribution is 0.101. The highest BCUT2D eigenvalue weighted by Crippen LogP contribution is 2.22. The molecule has 0 radical (unpaired) electrons. The van der Waals surface area contributed by atoms with Crippen LogP contribution in [0.25, 0.3) is 0 Å². The Kier molecular flexibility index (Phi) is 4.34. The zero-order chi connectivity index (χ0) is 13.8. The second-order valence-corrected chi connectivity index (χ2v) is 5.24. The second-order valence-electron chi connectivity index (χ2n) is 4.38. The van der Waals surface area contributed by atoms with Gasteiger partial charge in [-0.05, 0) is 31.8 Å². The van der Waals surface area contributed by atoms with Crippen molar-refractivity contribution < 1.29 is 9.32 Å². The van der Waals surface area contributed by atoms with Crippen molar-refractivity contribution in [1.82, 2.24) is 10.1 Å². The summed E-state index contributed by atoms with van der Waals surface area (Å²) in [4.78, 5) is 13.9. The quantitative estimate of drug-likeness (QED) is 0.939. The fourth-order valence-electron chi connectivity index (χ4n) is 1.62. The number of halogens is 1. The third kappa shape index (κ3) is 3.65. The molecule has 0 aliphatic rings. The van der Waals surface area contributed by atoms with E-state index in [1.165, 1.54) is 12.3 Å². The Hall–Kier alpha value is -1.66. The van der Waals surface area contributed by atoms with Gasteiger partial charge in [-0.25, -0.2) is 0 Å². The van der Waals surface area contributed by atoms with Crippen molar-refractivity contribution in [2.75, 3.05) is 19.4 Å². The normalized spacial score (nSPS) is 10.7. The number of amides is 1. The van der Waals surface area contributed by atoms with Crippen molar-refractivity contribution in [2.45, 2.75) is 6.54 Å². The highest BCUT2D eigenvalue weighted by Gasteiger charge is 2.10. The molecule has 0 saturated carbocycles. The van der Waals surface area contributed by atoms with Gasteiger partial charge in [-0.1, -0.05) is 27.2 Å². The maximum atomic E-state index is 11.8. The lowest BCUT2D eigenvalue weighted by Gasteiger charge is -2.12. The maximum absolute atomic E-state index is 11.8. The molecule has 1 N–H and O–H groups in total. The molecule has 100 valence electrons. The van der Waals surface area contributed by atoms with Crippen molar-refractivity contribution in [2.24, 2.45) is 0 Å². The lowest BCUT2D eigenvalue weighted by atomic mass is 10.2. The summed E-state index contributed by atoms with van der Waals surface area (Å²) >= 11 is 3.50. The minimum absolute atomic E-state index is 0.258. The first kappa shape index (κ1) is 13.8. The van der Waals surface area contributed by atoms with Crippen molar-refractivity contribution in [1.29, 1.82) is 0 Å². The number of carbonyl (C=O) groups is 1. The monoisotopic (exact) mass is 323 g/mol. The number of anilines is 1. The van der Waals surface area contributed by atoms with Crippen molar-refractivity contribution in [3.05, 3.63) is 46.3 Å². The molecule has 0 bridgehead atoms. The van der Waals surface area contributed by atoms with Crippen LogP contribution in [-0.4, -0.2) is 30.1 Å². The molecule has 1 amide bonds. The van der Waals surface area contributed by atoms with E-state index >= 15 is 0 Å². The van der Waals surface area contributed by atoms with Crippen LogP contribution >= 0.6 is 15.9 Å². The predicted molar refractivity (Wildman–Crippen MR) is 76.0 cm³/mol. The minimum Gasteiger partial charge on any atom is -0.364 e. The standard InChI is InChI=1S/C13H14BrN3O2/c1-17(2)8-9-3-4-10(7-11(9)14)15-13(18)12-5-6-19-16-12/h3-7H,8H2,1-2H3,(H,15,18). The Labute approximate surface area is 119 Å². The number of hydrogen-bond donors (Lipinski definition) is 1. The molecule has 0 atom stereocenters. The molecule has 1 heterocycles. The maximum Gasteiger partial charge on any atom is 0.277 e. The summed E-state index contributed by atoms with van der Waals surface area (Å²) in [5.41, 5.74) is 2.13. The van der Waals surface area contributed by atoms with Crippen LogP contribution in [-0.2, 0) is 6.54 Å². The Balaban J connectivity index is 2.10.